The summed E-state index contributed by atoms with van der Waals surface area (Å²) in [6.07, 6.45) is 2.59. The van der Waals surface area contributed by atoms with Gasteiger partial charge in [0.25, 0.3) is 0 Å². The quantitative estimate of drug-likeness (QED) is 0.844. The van der Waals surface area contributed by atoms with Crippen molar-refractivity contribution in [3.63, 3.8) is 0 Å². The fourth-order valence-electron chi connectivity index (χ4n) is 3.71. The Morgan fingerprint density at radius 1 is 1.13 bits per heavy atom. The monoisotopic (exact) mass is 338 g/mol. The van der Waals surface area contributed by atoms with Crippen LogP contribution >= 0.6 is 0 Å². The molecule has 3 aliphatic rings. The van der Waals surface area contributed by atoms with E-state index in [1.807, 2.05) is 0 Å². The van der Waals surface area contributed by atoms with E-state index in [1.54, 1.807) is 21.3 Å². The Bertz CT molecular complexity index is 745. The number of amides is 1. The normalized spacial score (nSPS) is 28.9. The van der Waals surface area contributed by atoms with Gasteiger partial charge in [0.1, 0.15) is 5.82 Å². The molecule has 124 valence electrons. The second-order valence-corrected chi connectivity index (χ2v) is 9.17. The van der Waals surface area contributed by atoms with Gasteiger partial charge in [-0.15, -0.1) is 0 Å². The van der Waals surface area contributed by atoms with Crippen LogP contribution in [0.15, 0.2) is 24.3 Å². The highest BCUT2D eigenvalue weighted by Gasteiger charge is 2.52. The van der Waals surface area contributed by atoms with Crippen LogP contribution in [0.5, 0.6) is 0 Å². The van der Waals surface area contributed by atoms with Crippen LogP contribution in [0, 0.1) is 11.2 Å². The molecule has 1 aromatic rings. The predicted molar refractivity (Wildman–Crippen MR) is 83.9 cm³/mol. The van der Waals surface area contributed by atoms with Crippen molar-refractivity contribution < 1.29 is 17.6 Å². The molecule has 1 amide bonds. The van der Waals surface area contributed by atoms with E-state index in [-0.39, 0.29) is 22.4 Å². The van der Waals surface area contributed by atoms with Crippen molar-refractivity contribution >= 4 is 21.6 Å². The maximum atomic E-state index is 13.1. The fourth-order valence-corrected chi connectivity index (χ4v) is 5.67. The predicted octanol–water partition coefficient (Wildman–Crippen LogP) is 1.75. The molecule has 1 unspecified atom stereocenters. The van der Waals surface area contributed by atoms with Crippen LogP contribution in [0.3, 0.4) is 0 Å². The third-order valence-corrected chi connectivity index (χ3v) is 7.51. The summed E-state index contributed by atoms with van der Waals surface area (Å²) in [7, 11) is -3.18. The summed E-state index contributed by atoms with van der Waals surface area (Å²) in [4.78, 5) is 14.0. The molecule has 23 heavy (non-hydrogen) atoms. The Kier molecular flexibility index (Phi) is 3.29. The van der Waals surface area contributed by atoms with Gasteiger partial charge < -0.3 is 4.90 Å². The number of carbonyl (C=O) groups excluding carboxylic acids is 1. The highest BCUT2D eigenvalue weighted by Crippen LogP contribution is 2.44. The largest absolute Gasteiger partial charge is 0.312 e. The molecular weight excluding hydrogens is 319 g/mol. The molecule has 1 aliphatic carbocycles. The highest BCUT2D eigenvalue weighted by molar-refractivity contribution is 7.90. The topological polar surface area (TPSA) is 57.7 Å². The second-order valence-electron chi connectivity index (χ2n) is 6.96. The van der Waals surface area contributed by atoms with Gasteiger partial charge >= 0.3 is 0 Å². The maximum absolute atomic E-state index is 13.1. The first-order chi connectivity index (χ1) is 10.9. The van der Waals surface area contributed by atoms with E-state index in [1.165, 1.54) is 12.1 Å². The molecule has 0 bridgehead atoms. The summed E-state index contributed by atoms with van der Waals surface area (Å²) in [5.41, 5.74) is 0.379. The first-order valence-electron chi connectivity index (χ1n) is 7.95. The molecule has 7 heteroatoms. The number of rotatable bonds is 3. The van der Waals surface area contributed by atoms with Crippen LogP contribution in [-0.4, -0.2) is 43.5 Å². The number of benzene rings is 1. The number of carbonyl (C=O) groups is 1. The molecular formula is C16H19FN2O3S. The molecule has 4 rings (SSSR count). The van der Waals surface area contributed by atoms with Gasteiger partial charge in [-0.3, -0.25) is 4.79 Å². The number of halogens is 1. The summed E-state index contributed by atoms with van der Waals surface area (Å²) in [6.45, 7) is 1.44. The Morgan fingerprint density at radius 3 is 2.48 bits per heavy atom. The minimum absolute atomic E-state index is 0.0118. The van der Waals surface area contributed by atoms with E-state index in [0.29, 0.717) is 38.2 Å². The van der Waals surface area contributed by atoms with Gasteiger partial charge in [-0.1, -0.05) is 0 Å². The first-order valence-corrected chi connectivity index (χ1v) is 9.45. The summed E-state index contributed by atoms with van der Waals surface area (Å²) < 4.78 is 39.4. The molecule has 0 radical (unpaired) electrons. The third-order valence-electron chi connectivity index (χ3n) is 5.17. The lowest BCUT2D eigenvalue weighted by Gasteiger charge is -2.24. The van der Waals surface area contributed by atoms with Gasteiger partial charge in [0.05, 0.1) is 5.25 Å². The van der Waals surface area contributed by atoms with E-state index in [4.69, 9.17) is 0 Å². The molecule has 2 heterocycles. The molecule has 2 saturated heterocycles. The summed E-state index contributed by atoms with van der Waals surface area (Å²) in [5.74, 6) is -0.347. The van der Waals surface area contributed by atoms with E-state index in [0.717, 1.165) is 12.8 Å². The van der Waals surface area contributed by atoms with Crippen molar-refractivity contribution in [2.45, 2.75) is 30.9 Å². The molecule has 5 nitrogen and oxygen atoms in total. The smallest absolute Gasteiger partial charge is 0.227 e. The number of anilines is 1. The lowest BCUT2D eigenvalue weighted by atomic mass is 9.86. The van der Waals surface area contributed by atoms with E-state index in [9.17, 15) is 17.6 Å². The minimum Gasteiger partial charge on any atom is -0.312 e. The Balaban J connectivity index is 1.53. The van der Waals surface area contributed by atoms with Crippen molar-refractivity contribution in [1.82, 2.24) is 4.31 Å². The second kappa shape index (κ2) is 5.01. The van der Waals surface area contributed by atoms with Crippen LogP contribution < -0.4 is 4.90 Å². The molecule has 1 aromatic carbocycles. The maximum Gasteiger partial charge on any atom is 0.227 e. The van der Waals surface area contributed by atoms with Crippen LogP contribution in [-0.2, 0) is 14.8 Å². The number of sulfonamides is 1. The zero-order valence-corrected chi connectivity index (χ0v) is 13.6. The summed E-state index contributed by atoms with van der Waals surface area (Å²) in [6, 6.07) is 5.87. The van der Waals surface area contributed by atoms with Gasteiger partial charge in [0.2, 0.25) is 15.9 Å². The molecule has 1 saturated carbocycles. The van der Waals surface area contributed by atoms with E-state index < -0.39 is 10.0 Å². The highest BCUT2D eigenvalue weighted by atomic mass is 32.2. The minimum atomic E-state index is -3.18. The van der Waals surface area contributed by atoms with Crippen LogP contribution in [0.25, 0.3) is 0 Å². The van der Waals surface area contributed by atoms with Crippen LogP contribution in [0.2, 0.25) is 0 Å². The third kappa shape index (κ3) is 2.55. The van der Waals surface area contributed by atoms with Crippen molar-refractivity contribution in [2.75, 3.05) is 24.5 Å². The van der Waals surface area contributed by atoms with Gasteiger partial charge in [-0.2, -0.15) is 0 Å². The molecule has 1 spiro atoms. The van der Waals surface area contributed by atoms with Crippen molar-refractivity contribution in [2.24, 2.45) is 5.41 Å². The van der Waals surface area contributed by atoms with Gasteiger partial charge in [0.15, 0.2) is 0 Å². The SMILES string of the molecule is O=C1CC2(CCN(S(=O)(=O)C3CC3)C2)CN1c1ccc(F)cc1. The summed E-state index contributed by atoms with van der Waals surface area (Å²) >= 11 is 0. The van der Waals surface area contributed by atoms with Crippen molar-refractivity contribution in [3.05, 3.63) is 30.1 Å². The van der Waals surface area contributed by atoms with Crippen LogP contribution in [0.4, 0.5) is 10.1 Å². The van der Waals surface area contributed by atoms with Gasteiger partial charge in [-0.25, -0.2) is 17.1 Å². The van der Waals surface area contributed by atoms with Crippen molar-refractivity contribution in [1.29, 1.82) is 0 Å². The van der Waals surface area contributed by atoms with Gasteiger partial charge in [-0.05, 0) is 43.5 Å². The number of hydrogen-bond acceptors (Lipinski definition) is 3. The standard InChI is InChI=1S/C16H19FN2O3S/c17-12-1-3-13(4-2-12)19-11-16(9-15(19)20)7-8-18(10-16)23(21,22)14-5-6-14/h1-4,14H,5-11H2. The Morgan fingerprint density at radius 2 is 1.83 bits per heavy atom. The first kappa shape index (κ1) is 15.1. The Hall–Kier alpha value is -1.47. The molecule has 0 aromatic heterocycles. The zero-order chi connectivity index (χ0) is 16.2. The Labute approximate surface area is 135 Å². The summed E-state index contributed by atoms with van der Waals surface area (Å²) in [5, 5.41) is -0.206. The van der Waals surface area contributed by atoms with E-state index in [2.05, 4.69) is 0 Å². The van der Waals surface area contributed by atoms with Crippen LogP contribution in [0.1, 0.15) is 25.7 Å². The number of nitrogens with zero attached hydrogens (tertiary/aromatic N) is 2. The lowest BCUT2D eigenvalue weighted by Crippen LogP contribution is -2.35. The fraction of sp³-hybridized carbons (Fsp3) is 0.562. The average molecular weight is 338 g/mol. The molecule has 3 fully saturated rings. The van der Waals surface area contributed by atoms with Crippen molar-refractivity contribution in [3.8, 4) is 0 Å². The molecule has 1 atom stereocenters. The average Bonchev–Trinajstić information content (AvgIpc) is 3.22. The molecule has 0 N–H and O–H groups in total. The lowest BCUT2D eigenvalue weighted by molar-refractivity contribution is -0.117. The number of hydrogen-bond donors (Lipinski definition) is 0. The molecule has 2 aliphatic heterocycles. The van der Waals surface area contributed by atoms with Gasteiger partial charge in [0, 0.05) is 37.2 Å². The van der Waals surface area contributed by atoms with E-state index >= 15 is 0 Å². The zero-order valence-electron chi connectivity index (χ0n) is 12.7.